The molecule has 1 N–H and O–H groups in total. The van der Waals surface area contributed by atoms with Gasteiger partial charge < -0.3 is 5.32 Å². The predicted molar refractivity (Wildman–Crippen MR) is 116 cm³/mol. The molecule has 0 saturated carbocycles. The Kier molecular flexibility index (Phi) is 5.58. The van der Waals surface area contributed by atoms with E-state index in [9.17, 15) is 22.8 Å². The Labute approximate surface area is 184 Å². The molecule has 2 aromatic carbocycles. The van der Waals surface area contributed by atoms with E-state index in [1.165, 1.54) is 30.3 Å². The minimum absolute atomic E-state index is 0.0000387. The molecule has 162 valence electrons. The number of amides is 3. The Balaban J connectivity index is 1.49. The summed E-state index contributed by atoms with van der Waals surface area (Å²) in [5, 5.41) is 2.78. The molecule has 3 aromatic rings. The zero-order valence-corrected chi connectivity index (χ0v) is 17.9. The van der Waals surface area contributed by atoms with Crippen LogP contribution in [0.4, 0.5) is 0 Å². The zero-order chi connectivity index (χ0) is 22.9. The van der Waals surface area contributed by atoms with Crippen molar-refractivity contribution in [3.63, 3.8) is 0 Å². The number of hydrogen-bond acceptors (Lipinski definition) is 6. The summed E-state index contributed by atoms with van der Waals surface area (Å²) in [4.78, 5) is 43.3. The van der Waals surface area contributed by atoms with E-state index in [4.69, 9.17) is 0 Å². The van der Waals surface area contributed by atoms with E-state index in [1.54, 1.807) is 36.7 Å². The van der Waals surface area contributed by atoms with Gasteiger partial charge in [0.15, 0.2) is 9.84 Å². The van der Waals surface area contributed by atoms with Crippen molar-refractivity contribution in [2.75, 3.05) is 6.26 Å². The van der Waals surface area contributed by atoms with Crippen LogP contribution in [0.3, 0.4) is 0 Å². The Morgan fingerprint density at radius 1 is 0.906 bits per heavy atom. The van der Waals surface area contributed by atoms with E-state index in [1.807, 2.05) is 0 Å². The molecule has 0 spiro atoms. The number of carbonyl (C=O) groups excluding carboxylic acids is 3. The lowest BCUT2D eigenvalue weighted by molar-refractivity contribution is 0.0642. The maximum atomic E-state index is 12.9. The fraction of sp³-hybridized carbons (Fsp3) is 0.130. The van der Waals surface area contributed by atoms with Gasteiger partial charge in [0, 0.05) is 30.8 Å². The van der Waals surface area contributed by atoms with Crippen molar-refractivity contribution in [1.29, 1.82) is 0 Å². The van der Waals surface area contributed by atoms with E-state index in [-0.39, 0.29) is 34.0 Å². The monoisotopic (exact) mass is 449 g/mol. The van der Waals surface area contributed by atoms with E-state index in [0.29, 0.717) is 12.1 Å². The molecule has 2 heterocycles. The number of fused-ring (bicyclic) bond motifs is 1. The summed E-state index contributed by atoms with van der Waals surface area (Å²) < 4.78 is 23.2. The lowest BCUT2D eigenvalue weighted by Crippen LogP contribution is -2.29. The van der Waals surface area contributed by atoms with Crippen LogP contribution in [0.25, 0.3) is 0 Å². The molecule has 0 aliphatic carbocycles. The van der Waals surface area contributed by atoms with Gasteiger partial charge in [0.25, 0.3) is 17.7 Å². The number of imide groups is 1. The van der Waals surface area contributed by atoms with Crippen molar-refractivity contribution >= 4 is 27.6 Å². The molecule has 9 heteroatoms. The normalized spacial score (nSPS) is 13.2. The second kappa shape index (κ2) is 8.35. The van der Waals surface area contributed by atoms with Gasteiger partial charge in [-0.1, -0.05) is 12.1 Å². The second-order valence-corrected chi connectivity index (χ2v) is 9.43. The molecule has 0 radical (unpaired) electrons. The highest BCUT2D eigenvalue weighted by atomic mass is 32.2. The van der Waals surface area contributed by atoms with Crippen LogP contribution in [0.5, 0.6) is 0 Å². The largest absolute Gasteiger partial charge is 0.348 e. The third kappa shape index (κ3) is 4.28. The van der Waals surface area contributed by atoms with Crippen molar-refractivity contribution in [3.8, 4) is 0 Å². The first-order valence-corrected chi connectivity index (χ1v) is 11.6. The first kappa shape index (κ1) is 21.4. The maximum absolute atomic E-state index is 12.9. The van der Waals surface area contributed by atoms with Crippen LogP contribution in [-0.4, -0.2) is 42.3 Å². The highest BCUT2D eigenvalue weighted by Crippen LogP contribution is 2.26. The van der Waals surface area contributed by atoms with Gasteiger partial charge in [-0.3, -0.25) is 24.3 Å². The molecule has 4 rings (SSSR count). The molecule has 0 unspecified atom stereocenters. The van der Waals surface area contributed by atoms with Gasteiger partial charge in [-0.15, -0.1) is 0 Å². The smallest absolute Gasteiger partial charge is 0.261 e. The summed E-state index contributed by atoms with van der Waals surface area (Å²) >= 11 is 0. The van der Waals surface area contributed by atoms with Crippen LogP contribution < -0.4 is 5.32 Å². The van der Waals surface area contributed by atoms with Gasteiger partial charge >= 0.3 is 0 Å². The van der Waals surface area contributed by atoms with Crippen LogP contribution in [0.1, 0.15) is 42.2 Å². The highest BCUT2D eigenvalue weighted by molar-refractivity contribution is 7.90. The van der Waals surface area contributed by atoms with Crippen LogP contribution in [0.15, 0.2) is 71.9 Å². The van der Waals surface area contributed by atoms with Gasteiger partial charge in [0.1, 0.15) is 0 Å². The number of nitrogens with zero attached hydrogens (tertiary/aromatic N) is 2. The topological polar surface area (TPSA) is 114 Å². The average molecular weight is 449 g/mol. The molecule has 0 saturated heterocycles. The number of aromatic nitrogens is 1. The van der Waals surface area contributed by atoms with Gasteiger partial charge in [0.2, 0.25) is 0 Å². The fourth-order valence-electron chi connectivity index (χ4n) is 3.39. The molecule has 8 nitrogen and oxygen atoms in total. The summed E-state index contributed by atoms with van der Waals surface area (Å²) in [6.45, 7) is 0.306. The molecule has 1 aromatic heterocycles. The van der Waals surface area contributed by atoms with Crippen LogP contribution in [0, 0.1) is 0 Å². The number of pyridine rings is 1. The molecule has 0 atom stereocenters. The molecule has 0 bridgehead atoms. The number of hydrogen-bond donors (Lipinski definition) is 1. The standard InChI is InChI=1S/C23H19N3O5S/c1-32(30,31)18-5-2-16(3-6-18)14-26-22(28)19-7-4-17(12-20(19)23(26)29)21(27)25-13-15-8-10-24-11-9-15/h2-12H,13-14H2,1H3,(H,25,27). The number of carbonyl (C=O) groups is 3. The lowest BCUT2D eigenvalue weighted by Gasteiger charge is -2.14. The number of sulfone groups is 1. The summed E-state index contributed by atoms with van der Waals surface area (Å²) in [5.74, 6) is -1.32. The average Bonchev–Trinajstić information content (AvgIpc) is 3.02. The van der Waals surface area contributed by atoms with Crippen molar-refractivity contribution in [2.45, 2.75) is 18.0 Å². The number of benzene rings is 2. The second-order valence-electron chi connectivity index (χ2n) is 7.41. The van der Waals surface area contributed by atoms with Crippen molar-refractivity contribution < 1.29 is 22.8 Å². The van der Waals surface area contributed by atoms with Crippen molar-refractivity contribution in [2.24, 2.45) is 0 Å². The fourth-order valence-corrected chi connectivity index (χ4v) is 4.02. The molecule has 32 heavy (non-hydrogen) atoms. The predicted octanol–water partition coefficient (Wildman–Crippen LogP) is 2.21. The summed E-state index contributed by atoms with van der Waals surface area (Å²) in [7, 11) is -3.34. The zero-order valence-electron chi connectivity index (χ0n) is 17.1. The molecule has 1 aliphatic rings. The lowest BCUT2D eigenvalue weighted by atomic mass is 10.1. The first-order chi connectivity index (χ1) is 15.2. The molecule has 0 fully saturated rings. The van der Waals surface area contributed by atoms with Crippen LogP contribution in [-0.2, 0) is 22.9 Å². The van der Waals surface area contributed by atoms with E-state index in [0.717, 1.165) is 16.7 Å². The minimum Gasteiger partial charge on any atom is -0.348 e. The number of rotatable bonds is 6. The van der Waals surface area contributed by atoms with Crippen LogP contribution in [0.2, 0.25) is 0 Å². The summed E-state index contributed by atoms with van der Waals surface area (Å²) in [6, 6.07) is 14.0. The van der Waals surface area contributed by atoms with Gasteiger partial charge in [-0.05, 0) is 53.6 Å². The van der Waals surface area contributed by atoms with E-state index in [2.05, 4.69) is 10.3 Å². The Morgan fingerprint density at radius 2 is 1.56 bits per heavy atom. The molecule has 1 aliphatic heterocycles. The molecular formula is C23H19N3O5S. The number of nitrogens with one attached hydrogen (secondary N) is 1. The SMILES string of the molecule is CS(=O)(=O)c1ccc(CN2C(=O)c3ccc(C(=O)NCc4ccncc4)cc3C2=O)cc1. The van der Waals surface area contributed by atoms with Gasteiger partial charge in [0.05, 0.1) is 22.6 Å². The first-order valence-electron chi connectivity index (χ1n) is 9.70. The Bertz CT molecular complexity index is 1320. The van der Waals surface area contributed by atoms with Crippen LogP contribution >= 0.6 is 0 Å². The molecular weight excluding hydrogens is 430 g/mol. The van der Waals surface area contributed by atoms with Crippen molar-refractivity contribution in [3.05, 3.63) is 94.8 Å². The Hall–Kier alpha value is -3.85. The van der Waals surface area contributed by atoms with E-state index >= 15 is 0 Å². The quantitative estimate of drug-likeness (QED) is 0.577. The van der Waals surface area contributed by atoms with Gasteiger partial charge in [-0.2, -0.15) is 0 Å². The molecule has 3 amide bonds. The van der Waals surface area contributed by atoms with Crippen molar-refractivity contribution in [1.82, 2.24) is 15.2 Å². The minimum atomic E-state index is -3.34. The maximum Gasteiger partial charge on any atom is 0.261 e. The summed E-state index contributed by atoms with van der Waals surface area (Å²) in [5.41, 5.74) is 2.17. The van der Waals surface area contributed by atoms with Gasteiger partial charge in [-0.25, -0.2) is 8.42 Å². The summed E-state index contributed by atoms with van der Waals surface area (Å²) in [6.07, 6.45) is 4.37. The third-order valence-electron chi connectivity index (χ3n) is 5.13. The van der Waals surface area contributed by atoms with E-state index < -0.39 is 21.7 Å². The highest BCUT2D eigenvalue weighted by Gasteiger charge is 2.36. The third-order valence-corrected chi connectivity index (χ3v) is 6.26. The Morgan fingerprint density at radius 3 is 2.22 bits per heavy atom.